The Kier molecular flexibility index (Phi) is 4.41. The van der Waals surface area contributed by atoms with Crippen LogP contribution in [0.15, 0.2) is 42.7 Å². The van der Waals surface area contributed by atoms with Crippen LogP contribution in [0.3, 0.4) is 0 Å². The van der Waals surface area contributed by atoms with E-state index in [0.717, 1.165) is 17.2 Å². The molecule has 3 N–H and O–H groups in total. The maximum absolute atomic E-state index is 13.6. The molecule has 2 aromatic heterocycles. The minimum atomic E-state index is -0.586. The Morgan fingerprint density at radius 2 is 2.04 bits per heavy atom. The van der Waals surface area contributed by atoms with Crippen molar-refractivity contribution in [2.75, 3.05) is 5.32 Å². The number of carbonyl (C=O) groups excluding carboxylic acids is 1. The van der Waals surface area contributed by atoms with E-state index in [0.29, 0.717) is 5.82 Å². The first-order chi connectivity index (χ1) is 11.5. The van der Waals surface area contributed by atoms with Gasteiger partial charge in [0.25, 0.3) is 0 Å². The van der Waals surface area contributed by atoms with Crippen LogP contribution < -0.4 is 10.6 Å². The Morgan fingerprint density at radius 1 is 1.25 bits per heavy atom. The molecule has 0 aliphatic heterocycles. The van der Waals surface area contributed by atoms with Crippen molar-refractivity contribution in [2.24, 2.45) is 5.92 Å². The van der Waals surface area contributed by atoms with Crippen molar-refractivity contribution in [3.05, 3.63) is 54.4 Å². The quantitative estimate of drug-likeness (QED) is 0.684. The molecule has 3 rings (SSSR count). The number of H-pyrrole nitrogens is 1. The molecule has 6 nitrogen and oxygen atoms in total. The third-order valence-corrected chi connectivity index (χ3v) is 3.68. The summed E-state index contributed by atoms with van der Waals surface area (Å²) in [7, 11) is 0. The number of aromatic amines is 1. The van der Waals surface area contributed by atoms with Crippen LogP contribution in [0.1, 0.15) is 25.7 Å². The van der Waals surface area contributed by atoms with Gasteiger partial charge in [-0.15, -0.1) is 0 Å². The number of nitrogens with zero attached hydrogens (tertiary/aromatic N) is 2. The highest BCUT2D eigenvalue weighted by atomic mass is 19.1. The lowest BCUT2D eigenvalue weighted by atomic mass is 10.0. The molecule has 2 heterocycles. The van der Waals surface area contributed by atoms with Gasteiger partial charge < -0.3 is 15.6 Å². The minimum Gasteiger partial charge on any atom is -0.340 e. The molecular weight excluding hydrogens is 309 g/mol. The van der Waals surface area contributed by atoms with Crippen LogP contribution in [0.25, 0.3) is 11.0 Å². The third-order valence-electron chi connectivity index (χ3n) is 3.68. The van der Waals surface area contributed by atoms with E-state index >= 15 is 0 Å². The van der Waals surface area contributed by atoms with E-state index in [9.17, 15) is 9.18 Å². The van der Waals surface area contributed by atoms with Gasteiger partial charge in [-0.25, -0.2) is 14.2 Å². The van der Waals surface area contributed by atoms with E-state index in [1.165, 1.54) is 12.3 Å². The van der Waals surface area contributed by atoms with Gasteiger partial charge in [-0.1, -0.05) is 26.0 Å². The fraction of sp³-hybridized carbons (Fsp3) is 0.235. The fourth-order valence-corrected chi connectivity index (χ4v) is 2.45. The molecule has 0 aliphatic carbocycles. The zero-order valence-electron chi connectivity index (χ0n) is 13.4. The maximum Gasteiger partial charge on any atom is 0.319 e. The van der Waals surface area contributed by atoms with Crippen molar-refractivity contribution in [2.45, 2.75) is 19.9 Å². The van der Waals surface area contributed by atoms with Crippen LogP contribution in [0.5, 0.6) is 0 Å². The van der Waals surface area contributed by atoms with E-state index in [1.807, 2.05) is 38.1 Å². The second kappa shape index (κ2) is 6.66. The SMILES string of the molecule is CC(C)C(NC(=O)Nc1ccncc1F)c1nc2ccccc2[nH]1. The molecular formula is C17H18FN5O. The van der Waals surface area contributed by atoms with Crippen molar-refractivity contribution >= 4 is 22.8 Å². The zero-order chi connectivity index (χ0) is 17.1. The number of anilines is 1. The van der Waals surface area contributed by atoms with Gasteiger partial charge in [-0.05, 0) is 24.1 Å². The van der Waals surface area contributed by atoms with Crippen molar-refractivity contribution in [3.8, 4) is 0 Å². The second-order valence-corrected chi connectivity index (χ2v) is 5.81. The number of urea groups is 1. The molecule has 0 radical (unpaired) electrons. The summed E-state index contributed by atoms with van der Waals surface area (Å²) in [5.74, 6) is 0.174. The summed E-state index contributed by atoms with van der Waals surface area (Å²) >= 11 is 0. The number of para-hydroxylation sites is 2. The molecule has 2 amide bonds. The molecule has 0 bridgehead atoms. The lowest BCUT2D eigenvalue weighted by Crippen LogP contribution is -2.36. The standard InChI is InChI=1S/C17H18FN5O/c1-10(2)15(16-20-13-5-3-4-6-14(13)21-16)23-17(24)22-12-7-8-19-9-11(12)18/h3-10,15H,1-2H3,(H,20,21)(H2,19,22,23,24). The Bertz CT molecular complexity index is 828. The van der Waals surface area contributed by atoms with Gasteiger partial charge in [0.1, 0.15) is 5.82 Å². The number of benzene rings is 1. The van der Waals surface area contributed by atoms with Gasteiger partial charge in [-0.3, -0.25) is 4.98 Å². The molecule has 24 heavy (non-hydrogen) atoms. The predicted octanol–water partition coefficient (Wildman–Crippen LogP) is 3.62. The Morgan fingerprint density at radius 3 is 2.75 bits per heavy atom. The average Bonchev–Trinajstić information content (AvgIpc) is 2.98. The predicted molar refractivity (Wildman–Crippen MR) is 90.0 cm³/mol. The molecule has 0 saturated heterocycles. The number of hydrogen-bond acceptors (Lipinski definition) is 3. The zero-order valence-corrected chi connectivity index (χ0v) is 13.4. The van der Waals surface area contributed by atoms with E-state index in [2.05, 4.69) is 25.6 Å². The lowest BCUT2D eigenvalue weighted by Gasteiger charge is -2.20. The molecule has 124 valence electrons. The molecule has 1 atom stereocenters. The number of imidazole rings is 1. The smallest absolute Gasteiger partial charge is 0.319 e. The number of hydrogen-bond donors (Lipinski definition) is 3. The molecule has 7 heteroatoms. The molecule has 0 fully saturated rings. The Hall–Kier alpha value is -2.96. The fourth-order valence-electron chi connectivity index (χ4n) is 2.45. The number of nitrogens with one attached hydrogen (secondary N) is 3. The largest absolute Gasteiger partial charge is 0.340 e. The summed E-state index contributed by atoms with van der Waals surface area (Å²) in [4.78, 5) is 23.6. The molecule has 1 unspecified atom stereocenters. The van der Waals surface area contributed by atoms with Gasteiger partial charge >= 0.3 is 6.03 Å². The van der Waals surface area contributed by atoms with Crippen molar-refractivity contribution in [3.63, 3.8) is 0 Å². The number of halogens is 1. The highest BCUT2D eigenvalue weighted by Crippen LogP contribution is 2.22. The highest BCUT2D eigenvalue weighted by molar-refractivity contribution is 5.89. The Labute approximate surface area is 138 Å². The summed E-state index contributed by atoms with van der Waals surface area (Å²) in [6, 6.07) is 8.22. The lowest BCUT2D eigenvalue weighted by molar-refractivity contribution is 0.244. The van der Waals surface area contributed by atoms with Crippen molar-refractivity contribution < 1.29 is 9.18 Å². The first kappa shape index (κ1) is 15.9. The van der Waals surface area contributed by atoms with E-state index in [-0.39, 0.29) is 17.6 Å². The topological polar surface area (TPSA) is 82.7 Å². The number of fused-ring (bicyclic) bond motifs is 1. The molecule has 3 aromatic rings. The number of aromatic nitrogens is 3. The number of amides is 2. The first-order valence-electron chi connectivity index (χ1n) is 7.66. The summed E-state index contributed by atoms with van der Waals surface area (Å²) < 4.78 is 13.6. The summed E-state index contributed by atoms with van der Waals surface area (Å²) in [6.07, 6.45) is 2.46. The van der Waals surface area contributed by atoms with Crippen LogP contribution >= 0.6 is 0 Å². The van der Waals surface area contributed by atoms with Gasteiger partial charge in [0.15, 0.2) is 5.82 Å². The number of pyridine rings is 1. The minimum absolute atomic E-state index is 0.0783. The highest BCUT2D eigenvalue weighted by Gasteiger charge is 2.22. The van der Waals surface area contributed by atoms with Crippen LogP contribution in [0.2, 0.25) is 0 Å². The van der Waals surface area contributed by atoms with Gasteiger partial charge in [-0.2, -0.15) is 0 Å². The summed E-state index contributed by atoms with van der Waals surface area (Å²) in [5.41, 5.74) is 1.82. The molecule has 0 aliphatic rings. The normalized spacial score (nSPS) is 12.3. The van der Waals surface area contributed by atoms with Crippen molar-refractivity contribution in [1.82, 2.24) is 20.3 Å². The number of carbonyl (C=O) groups is 1. The molecule has 1 aromatic carbocycles. The van der Waals surface area contributed by atoms with E-state index in [1.54, 1.807) is 0 Å². The monoisotopic (exact) mass is 327 g/mol. The summed E-state index contributed by atoms with van der Waals surface area (Å²) in [6.45, 7) is 3.95. The molecule has 0 spiro atoms. The Balaban J connectivity index is 1.79. The molecule has 0 saturated carbocycles. The van der Waals surface area contributed by atoms with E-state index in [4.69, 9.17) is 0 Å². The second-order valence-electron chi connectivity index (χ2n) is 5.81. The van der Waals surface area contributed by atoms with Crippen molar-refractivity contribution in [1.29, 1.82) is 0 Å². The van der Waals surface area contributed by atoms with Crippen LogP contribution in [0.4, 0.5) is 14.9 Å². The van der Waals surface area contributed by atoms with Gasteiger partial charge in [0.2, 0.25) is 0 Å². The van der Waals surface area contributed by atoms with Gasteiger partial charge in [0.05, 0.1) is 29.0 Å². The third kappa shape index (κ3) is 3.34. The van der Waals surface area contributed by atoms with Gasteiger partial charge in [0, 0.05) is 6.20 Å². The number of rotatable bonds is 4. The van der Waals surface area contributed by atoms with Crippen LogP contribution in [0, 0.1) is 11.7 Å². The van der Waals surface area contributed by atoms with Crippen LogP contribution in [-0.4, -0.2) is 21.0 Å². The first-order valence-corrected chi connectivity index (χ1v) is 7.66. The van der Waals surface area contributed by atoms with E-state index < -0.39 is 11.8 Å². The summed E-state index contributed by atoms with van der Waals surface area (Å²) in [5, 5.41) is 5.33. The average molecular weight is 327 g/mol. The maximum atomic E-state index is 13.6. The van der Waals surface area contributed by atoms with Crippen LogP contribution in [-0.2, 0) is 0 Å².